The summed E-state index contributed by atoms with van der Waals surface area (Å²) in [5.41, 5.74) is 1.18. The second-order valence-electron chi connectivity index (χ2n) is 7.73. The maximum absolute atomic E-state index is 12.0. The van der Waals surface area contributed by atoms with Gasteiger partial charge in [-0.05, 0) is 25.2 Å². The Balaban J connectivity index is 1.40. The average Bonchev–Trinajstić information content (AvgIpc) is 3.17. The van der Waals surface area contributed by atoms with Gasteiger partial charge in [0, 0.05) is 36.3 Å². The molecular formula is C17H27N3OS. The zero-order valence-corrected chi connectivity index (χ0v) is 14.7. The topological polar surface area (TPSA) is 45.2 Å². The highest BCUT2D eigenvalue weighted by Crippen LogP contribution is 2.37. The zero-order chi connectivity index (χ0) is 15.7. The predicted octanol–water partition coefficient (Wildman–Crippen LogP) is 2.93. The minimum atomic E-state index is 0.0772. The summed E-state index contributed by atoms with van der Waals surface area (Å²) < 4.78 is 0. The summed E-state index contributed by atoms with van der Waals surface area (Å²) in [5, 5.41) is 6.11. The van der Waals surface area contributed by atoms with E-state index in [1.165, 1.54) is 25.8 Å². The summed E-state index contributed by atoms with van der Waals surface area (Å²) in [6.07, 6.45) is 4.70. The molecule has 0 unspecified atom stereocenters. The van der Waals surface area contributed by atoms with Gasteiger partial charge in [0.15, 0.2) is 0 Å². The Hall–Kier alpha value is -0.940. The van der Waals surface area contributed by atoms with E-state index in [9.17, 15) is 4.79 Å². The van der Waals surface area contributed by atoms with E-state index in [0.717, 1.165) is 29.2 Å². The number of amides is 1. The van der Waals surface area contributed by atoms with Crippen molar-refractivity contribution in [2.24, 2.45) is 5.92 Å². The third kappa shape index (κ3) is 3.69. The van der Waals surface area contributed by atoms with Crippen molar-refractivity contribution >= 4 is 17.2 Å². The van der Waals surface area contributed by atoms with E-state index >= 15 is 0 Å². The summed E-state index contributed by atoms with van der Waals surface area (Å²) in [7, 11) is 0. The zero-order valence-electron chi connectivity index (χ0n) is 13.9. The number of rotatable bonds is 5. The van der Waals surface area contributed by atoms with Gasteiger partial charge >= 0.3 is 0 Å². The molecule has 0 aromatic carbocycles. The molecule has 2 aliphatic rings. The van der Waals surface area contributed by atoms with Crippen LogP contribution in [0.3, 0.4) is 0 Å². The fourth-order valence-corrected chi connectivity index (χ4v) is 4.51. The Bertz CT molecular complexity index is 534. The molecule has 1 aromatic rings. The maximum Gasteiger partial charge on any atom is 0.221 e. The molecule has 1 aromatic heterocycles. The van der Waals surface area contributed by atoms with Gasteiger partial charge < -0.3 is 5.32 Å². The van der Waals surface area contributed by atoms with E-state index < -0.39 is 0 Å². The van der Waals surface area contributed by atoms with Crippen LogP contribution in [-0.2, 0) is 16.8 Å². The Labute approximate surface area is 137 Å². The summed E-state index contributed by atoms with van der Waals surface area (Å²) in [5.74, 6) is 1.05. The number of likely N-dealkylation sites (tertiary alicyclic amines) is 1. The van der Waals surface area contributed by atoms with Gasteiger partial charge in [-0.1, -0.05) is 20.8 Å². The number of piperidine rings is 1. The van der Waals surface area contributed by atoms with E-state index in [2.05, 4.69) is 41.4 Å². The Morgan fingerprint density at radius 1 is 1.45 bits per heavy atom. The van der Waals surface area contributed by atoms with Crippen LogP contribution in [0.5, 0.6) is 0 Å². The molecule has 1 N–H and O–H groups in total. The summed E-state index contributed by atoms with van der Waals surface area (Å²) in [6.45, 7) is 9.17. The molecular weight excluding hydrogens is 294 g/mol. The van der Waals surface area contributed by atoms with Crippen molar-refractivity contribution < 1.29 is 4.79 Å². The standard InChI is InChI=1S/C17H27N3OS/c1-17(2,3)14-11-22-16(19-14)9-18-15(21)6-7-20-10-12-4-5-13(20)8-12/h11-13H,4-10H2,1-3H3,(H,18,21)/t12-,13+/m1/s1. The number of nitrogens with zero attached hydrogens (tertiary/aromatic N) is 2. The number of thiazole rings is 1. The van der Waals surface area contributed by atoms with Crippen LogP contribution in [0.4, 0.5) is 0 Å². The van der Waals surface area contributed by atoms with E-state index in [4.69, 9.17) is 0 Å². The molecule has 4 nitrogen and oxygen atoms in total. The van der Waals surface area contributed by atoms with Crippen molar-refractivity contribution in [3.63, 3.8) is 0 Å². The molecule has 1 amide bonds. The Morgan fingerprint density at radius 3 is 2.86 bits per heavy atom. The third-order valence-corrected chi connectivity index (χ3v) is 5.75. The molecule has 2 fully saturated rings. The first-order chi connectivity index (χ1) is 10.4. The molecule has 122 valence electrons. The molecule has 3 rings (SSSR count). The molecule has 1 saturated heterocycles. The van der Waals surface area contributed by atoms with Gasteiger partial charge in [-0.25, -0.2) is 4.98 Å². The highest BCUT2D eigenvalue weighted by molar-refractivity contribution is 7.09. The lowest BCUT2D eigenvalue weighted by molar-refractivity contribution is -0.121. The van der Waals surface area contributed by atoms with Gasteiger partial charge in [0.25, 0.3) is 0 Å². The monoisotopic (exact) mass is 321 g/mol. The number of carbonyl (C=O) groups excluding carboxylic acids is 1. The SMILES string of the molecule is CC(C)(C)c1csc(CNC(=O)CCN2C[C@@H]3CC[C@H]2C3)n1. The van der Waals surface area contributed by atoms with E-state index in [1.54, 1.807) is 11.3 Å². The molecule has 0 radical (unpaired) electrons. The van der Waals surface area contributed by atoms with Crippen LogP contribution in [0.2, 0.25) is 0 Å². The molecule has 5 heteroatoms. The van der Waals surface area contributed by atoms with Crippen molar-refractivity contribution in [3.8, 4) is 0 Å². The van der Waals surface area contributed by atoms with Gasteiger partial charge in [-0.2, -0.15) is 0 Å². The third-order valence-electron chi connectivity index (χ3n) is 4.91. The number of fused-ring (bicyclic) bond motifs is 2. The molecule has 2 bridgehead atoms. The van der Waals surface area contributed by atoms with Crippen molar-refractivity contribution in [2.75, 3.05) is 13.1 Å². The number of aromatic nitrogens is 1. The summed E-state index contributed by atoms with van der Waals surface area (Å²) in [6, 6.07) is 0.756. The highest BCUT2D eigenvalue weighted by Gasteiger charge is 2.37. The first-order valence-corrected chi connectivity index (χ1v) is 9.25. The van der Waals surface area contributed by atoms with E-state index in [1.807, 2.05) is 0 Å². The summed E-state index contributed by atoms with van der Waals surface area (Å²) in [4.78, 5) is 19.1. The van der Waals surface area contributed by atoms with Crippen LogP contribution < -0.4 is 5.32 Å². The van der Waals surface area contributed by atoms with Crippen molar-refractivity contribution in [3.05, 3.63) is 16.1 Å². The van der Waals surface area contributed by atoms with Crippen molar-refractivity contribution in [1.82, 2.24) is 15.2 Å². The maximum atomic E-state index is 12.0. The van der Waals surface area contributed by atoms with Crippen LogP contribution in [0.25, 0.3) is 0 Å². The van der Waals surface area contributed by atoms with Gasteiger partial charge in [-0.3, -0.25) is 9.69 Å². The molecule has 0 spiro atoms. The molecule has 2 atom stereocenters. The molecule has 22 heavy (non-hydrogen) atoms. The lowest BCUT2D eigenvalue weighted by Gasteiger charge is -2.26. The lowest BCUT2D eigenvalue weighted by atomic mass is 9.93. The molecule has 1 aliphatic heterocycles. The second kappa shape index (κ2) is 6.28. The minimum absolute atomic E-state index is 0.0772. The van der Waals surface area contributed by atoms with Gasteiger partial charge in [0.05, 0.1) is 12.2 Å². The van der Waals surface area contributed by atoms with Gasteiger partial charge in [0.1, 0.15) is 5.01 Å². The van der Waals surface area contributed by atoms with Crippen LogP contribution in [0.15, 0.2) is 5.38 Å². The number of hydrogen-bond donors (Lipinski definition) is 1. The highest BCUT2D eigenvalue weighted by atomic mass is 32.1. The lowest BCUT2D eigenvalue weighted by Crippen LogP contribution is -2.35. The normalized spacial score (nSPS) is 24.9. The van der Waals surface area contributed by atoms with Crippen LogP contribution in [0.1, 0.15) is 57.2 Å². The minimum Gasteiger partial charge on any atom is -0.350 e. The first-order valence-electron chi connectivity index (χ1n) is 8.37. The van der Waals surface area contributed by atoms with Crippen LogP contribution in [0, 0.1) is 5.92 Å². The molecule has 1 saturated carbocycles. The van der Waals surface area contributed by atoms with Gasteiger partial charge in [0.2, 0.25) is 5.91 Å². The number of nitrogens with one attached hydrogen (secondary N) is 1. The first kappa shape index (κ1) is 15.9. The van der Waals surface area contributed by atoms with Gasteiger partial charge in [-0.15, -0.1) is 11.3 Å². The van der Waals surface area contributed by atoms with Crippen molar-refractivity contribution in [1.29, 1.82) is 0 Å². The van der Waals surface area contributed by atoms with E-state index in [0.29, 0.717) is 13.0 Å². The molecule has 1 aliphatic carbocycles. The average molecular weight is 321 g/mol. The van der Waals surface area contributed by atoms with Crippen LogP contribution >= 0.6 is 11.3 Å². The quantitative estimate of drug-likeness (QED) is 0.907. The van der Waals surface area contributed by atoms with Crippen molar-refractivity contribution in [2.45, 2.75) is 64.5 Å². The molecule has 2 heterocycles. The smallest absolute Gasteiger partial charge is 0.221 e. The fraction of sp³-hybridized carbons (Fsp3) is 0.765. The summed E-state index contributed by atoms with van der Waals surface area (Å²) >= 11 is 1.64. The van der Waals surface area contributed by atoms with Crippen LogP contribution in [-0.4, -0.2) is 34.9 Å². The number of carbonyl (C=O) groups is 1. The fourth-order valence-electron chi connectivity index (χ4n) is 3.54. The second-order valence-corrected chi connectivity index (χ2v) is 8.67. The predicted molar refractivity (Wildman–Crippen MR) is 90.0 cm³/mol. The Morgan fingerprint density at radius 2 is 2.27 bits per heavy atom. The Kier molecular flexibility index (Phi) is 4.55. The largest absolute Gasteiger partial charge is 0.350 e. The van der Waals surface area contributed by atoms with E-state index in [-0.39, 0.29) is 11.3 Å². The number of hydrogen-bond acceptors (Lipinski definition) is 4.